The van der Waals surface area contributed by atoms with Gasteiger partial charge < -0.3 is 10.2 Å². The van der Waals surface area contributed by atoms with E-state index in [9.17, 15) is 0 Å². The lowest BCUT2D eigenvalue weighted by atomic mass is 10.2. The molecule has 0 bridgehead atoms. The van der Waals surface area contributed by atoms with Crippen molar-refractivity contribution in [3.8, 4) is 0 Å². The Labute approximate surface area is 108 Å². The van der Waals surface area contributed by atoms with Gasteiger partial charge in [0.15, 0.2) is 5.65 Å². The van der Waals surface area contributed by atoms with Crippen LogP contribution in [0.5, 0.6) is 0 Å². The molecule has 0 saturated carbocycles. The molecule has 0 amide bonds. The van der Waals surface area contributed by atoms with Crippen molar-refractivity contribution in [2.75, 3.05) is 24.5 Å². The molecule has 0 aromatic carbocycles. The Morgan fingerprint density at radius 1 is 1.53 bits per heavy atom. The van der Waals surface area contributed by atoms with E-state index in [4.69, 9.17) is 0 Å². The quantitative estimate of drug-likeness (QED) is 0.861. The zero-order valence-corrected chi connectivity index (χ0v) is 11.2. The maximum absolute atomic E-state index is 4.57. The summed E-state index contributed by atoms with van der Waals surface area (Å²) in [5.74, 6) is 0.810. The Morgan fingerprint density at radius 2 is 2.41 bits per heavy atom. The standard InChI is InChI=1S/C11H14BrN5/c1-8-7-16(6-4-13-8)11-14-10-9(12)3-2-5-17(10)15-11/h2-3,5,8,13H,4,6-7H2,1H3/t8-/m1/s1. The van der Waals surface area contributed by atoms with Crippen LogP contribution in [0.4, 0.5) is 5.95 Å². The molecule has 3 heterocycles. The maximum atomic E-state index is 4.57. The van der Waals surface area contributed by atoms with Crippen LogP contribution in [-0.2, 0) is 0 Å². The Kier molecular flexibility index (Phi) is 2.76. The highest BCUT2D eigenvalue weighted by Gasteiger charge is 2.19. The normalized spacial score (nSPS) is 21.1. The largest absolute Gasteiger partial charge is 0.337 e. The van der Waals surface area contributed by atoms with E-state index in [0.717, 1.165) is 35.7 Å². The molecule has 0 unspecified atom stereocenters. The van der Waals surface area contributed by atoms with Gasteiger partial charge in [-0.2, -0.15) is 4.98 Å². The van der Waals surface area contributed by atoms with Crippen LogP contribution in [0.15, 0.2) is 22.8 Å². The lowest BCUT2D eigenvalue weighted by Crippen LogP contribution is -2.49. The average molecular weight is 296 g/mol. The van der Waals surface area contributed by atoms with E-state index in [1.54, 1.807) is 0 Å². The van der Waals surface area contributed by atoms with Crippen molar-refractivity contribution < 1.29 is 0 Å². The van der Waals surface area contributed by atoms with E-state index in [0.29, 0.717) is 6.04 Å². The monoisotopic (exact) mass is 295 g/mol. The molecule has 3 rings (SSSR count). The molecule has 17 heavy (non-hydrogen) atoms. The topological polar surface area (TPSA) is 45.5 Å². The molecule has 6 heteroatoms. The van der Waals surface area contributed by atoms with Gasteiger partial charge in [-0.15, -0.1) is 5.10 Å². The third-order valence-electron chi connectivity index (χ3n) is 2.96. The second-order valence-corrected chi connectivity index (χ2v) is 5.19. The third kappa shape index (κ3) is 2.02. The van der Waals surface area contributed by atoms with Crippen molar-refractivity contribution in [3.63, 3.8) is 0 Å². The van der Waals surface area contributed by atoms with E-state index in [1.807, 2.05) is 22.8 Å². The lowest BCUT2D eigenvalue weighted by Gasteiger charge is -2.30. The summed E-state index contributed by atoms with van der Waals surface area (Å²) in [6.45, 7) is 5.07. The lowest BCUT2D eigenvalue weighted by molar-refractivity contribution is 0.479. The van der Waals surface area contributed by atoms with Crippen LogP contribution in [0.25, 0.3) is 5.65 Å². The van der Waals surface area contributed by atoms with Crippen molar-refractivity contribution in [3.05, 3.63) is 22.8 Å². The number of rotatable bonds is 1. The highest BCUT2D eigenvalue weighted by Crippen LogP contribution is 2.19. The molecule has 5 nitrogen and oxygen atoms in total. The summed E-state index contributed by atoms with van der Waals surface area (Å²) in [5.41, 5.74) is 0.869. The second-order valence-electron chi connectivity index (χ2n) is 4.34. The fourth-order valence-electron chi connectivity index (χ4n) is 2.11. The van der Waals surface area contributed by atoms with Crippen molar-refractivity contribution in [1.82, 2.24) is 19.9 Å². The number of halogens is 1. The summed E-state index contributed by atoms with van der Waals surface area (Å²) in [6, 6.07) is 4.42. The Bertz CT molecular complexity index is 538. The zero-order chi connectivity index (χ0) is 11.8. The number of pyridine rings is 1. The number of fused-ring (bicyclic) bond motifs is 1. The first-order valence-electron chi connectivity index (χ1n) is 5.73. The SMILES string of the molecule is C[C@@H]1CN(c2nc3c(Br)cccn3n2)CCN1. The smallest absolute Gasteiger partial charge is 0.245 e. The number of aromatic nitrogens is 3. The van der Waals surface area contributed by atoms with Crippen LogP contribution >= 0.6 is 15.9 Å². The van der Waals surface area contributed by atoms with E-state index >= 15 is 0 Å². The minimum atomic E-state index is 0.485. The van der Waals surface area contributed by atoms with Gasteiger partial charge >= 0.3 is 0 Å². The number of nitrogens with one attached hydrogen (secondary N) is 1. The molecule has 1 saturated heterocycles. The van der Waals surface area contributed by atoms with Gasteiger partial charge in [0.25, 0.3) is 0 Å². The van der Waals surface area contributed by atoms with Gasteiger partial charge in [0.1, 0.15) is 0 Å². The van der Waals surface area contributed by atoms with Crippen molar-refractivity contribution in [1.29, 1.82) is 0 Å². The fourth-order valence-corrected chi connectivity index (χ4v) is 2.53. The molecule has 1 aliphatic heterocycles. The number of nitrogens with zero attached hydrogens (tertiary/aromatic N) is 4. The molecule has 90 valence electrons. The summed E-state index contributed by atoms with van der Waals surface area (Å²) < 4.78 is 2.79. The minimum absolute atomic E-state index is 0.485. The average Bonchev–Trinajstić information content (AvgIpc) is 2.74. The molecule has 1 aliphatic rings. The van der Waals surface area contributed by atoms with Gasteiger partial charge in [0.2, 0.25) is 5.95 Å². The molecule has 1 fully saturated rings. The first kappa shape index (κ1) is 11.0. The number of hydrogen-bond acceptors (Lipinski definition) is 4. The molecule has 0 aliphatic carbocycles. The Balaban J connectivity index is 1.97. The van der Waals surface area contributed by atoms with Crippen LogP contribution in [0.3, 0.4) is 0 Å². The first-order chi connectivity index (χ1) is 8.24. The molecule has 0 radical (unpaired) electrons. The van der Waals surface area contributed by atoms with Crippen LogP contribution < -0.4 is 10.2 Å². The van der Waals surface area contributed by atoms with E-state index < -0.39 is 0 Å². The van der Waals surface area contributed by atoms with Gasteiger partial charge in [-0.05, 0) is 35.0 Å². The molecule has 0 spiro atoms. The van der Waals surface area contributed by atoms with Gasteiger partial charge in [0.05, 0.1) is 4.47 Å². The Hall–Kier alpha value is -1.14. The maximum Gasteiger partial charge on any atom is 0.245 e. The molecule has 2 aromatic rings. The van der Waals surface area contributed by atoms with Gasteiger partial charge in [-0.1, -0.05) is 0 Å². The van der Waals surface area contributed by atoms with E-state index in [1.165, 1.54) is 0 Å². The zero-order valence-electron chi connectivity index (χ0n) is 9.60. The second kappa shape index (κ2) is 4.27. The van der Waals surface area contributed by atoms with Gasteiger partial charge in [-0.3, -0.25) is 0 Å². The van der Waals surface area contributed by atoms with Gasteiger partial charge in [-0.25, -0.2) is 4.52 Å². The molecule has 1 N–H and O–H groups in total. The van der Waals surface area contributed by atoms with Crippen LogP contribution in [0.1, 0.15) is 6.92 Å². The molecule has 1 atom stereocenters. The van der Waals surface area contributed by atoms with Crippen molar-refractivity contribution >= 4 is 27.5 Å². The fraction of sp³-hybridized carbons (Fsp3) is 0.455. The van der Waals surface area contributed by atoms with Crippen LogP contribution in [0.2, 0.25) is 0 Å². The first-order valence-corrected chi connectivity index (χ1v) is 6.52. The molecular weight excluding hydrogens is 282 g/mol. The summed E-state index contributed by atoms with van der Waals surface area (Å²) in [6.07, 6.45) is 1.92. The van der Waals surface area contributed by atoms with Crippen LogP contribution in [0, 0.1) is 0 Å². The predicted octanol–water partition coefficient (Wildman–Crippen LogP) is 1.29. The summed E-state index contributed by atoms with van der Waals surface area (Å²) in [5, 5.41) is 7.92. The third-order valence-corrected chi connectivity index (χ3v) is 3.57. The number of piperazine rings is 1. The Morgan fingerprint density at radius 3 is 3.18 bits per heavy atom. The highest BCUT2D eigenvalue weighted by molar-refractivity contribution is 9.10. The summed E-state index contributed by atoms with van der Waals surface area (Å²) in [4.78, 5) is 6.80. The van der Waals surface area contributed by atoms with Crippen molar-refractivity contribution in [2.45, 2.75) is 13.0 Å². The molecule has 2 aromatic heterocycles. The number of anilines is 1. The summed E-state index contributed by atoms with van der Waals surface area (Å²) in [7, 11) is 0. The summed E-state index contributed by atoms with van der Waals surface area (Å²) >= 11 is 3.49. The van der Waals surface area contributed by atoms with Crippen LogP contribution in [-0.4, -0.2) is 40.3 Å². The predicted molar refractivity (Wildman–Crippen MR) is 70.4 cm³/mol. The van der Waals surface area contributed by atoms with E-state index in [-0.39, 0.29) is 0 Å². The minimum Gasteiger partial charge on any atom is -0.337 e. The molecular formula is C11H14BrN5. The van der Waals surface area contributed by atoms with Gasteiger partial charge in [0, 0.05) is 31.9 Å². The number of hydrogen-bond donors (Lipinski definition) is 1. The highest BCUT2D eigenvalue weighted by atomic mass is 79.9. The van der Waals surface area contributed by atoms with Crippen molar-refractivity contribution in [2.24, 2.45) is 0 Å². The van der Waals surface area contributed by atoms with E-state index in [2.05, 4.69) is 43.2 Å².